The molecule has 0 radical (unpaired) electrons. The van der Waals surface area contributed by atoms with Crippen molar-refractivity contribution in [2.45, 2.75) is 13.0 Å². The Bertz CT molecular complexity index is 449. The van der Waals surface area contributed by atoms with Gasteiger partial charge in [0, 0.05) is 13.1 Å². The van der Waals surface area contributed by atoms with Gasteiger partial charge in [-0.1, -0.05) is 0 Å². The Morgan fingerprint density at radius 1 is 1.53 bits per heavy atom. The smallest absolute Gasteiger partial charge is 0.139 e. The first-order chi connectivity index (χ1) is 7.18. The number of halogens is 1. The fourth-order valence-corrected chi connectivity index (χ4v) is 1.96. The van der Waals surface area contributed by atoms with Gasteiger partial charge in [0.25, 0.3) is 0 Å². The number of anilines is 1. The highest BCUT2D eigenvalue weighted by Crippen LogP contribution is 2.26. The molecule has 80 valence electrons. The van der Waals surface area contributed by atoms with Crippen molar-refractivity contribution in [1.82, 2.24) is 9.78 Å². The van der Waals surface area contributed by atoms with Crippen LogP contribution in [0.2, 0.25) is 0 Å². The van der Waals surface area contributed by atoms with E-state index in [4.69, 9.17) is 4.42 Å². The molecule has 15 heavy (non-hydrogen) atoms. The van der Waals surface area contributed by atoms with Gasteiger partial charge in [-0.05, 0) is 28.9 Å². The lowest BCUT2D eigenvalue weighted by Crippen LogP contribution is -2.09. The van der Waals surface area contributed by atoms with Crippen LogP contribution in [0.3, 0.4) is 0 Å². The lowest BCUT2D eigenvalue weighted by atomic mass is 10.2. The van der Waals surface area contributed by atoms with Gasteiger partial charge in [-0.3, -0.25) is 4.68 Å². The van der Waals surface area contributed by atoms with E-state index in [0.29, 0.717) is 0 Å². The number of nitrogens with zero attached hydrogens (tertiary/aromatic N) is 2. The van der Waals surface area contributed by atoms with Gasteiger partial charge < -0.3 is 9.73 Å². The standard InChI is InChI=1S/C10H12BrN3O/c1-7(10-8(11)4-6-15-10)13-9-3-5-12-14(9)2/h3-7,13H,1-2H3. The average molecular weight is 270 g/mol. The topological polar surface area (TPSA) is 43.0 Å². The maximum atomic E-state index is 5.38. The van der Waals surface area contributed by atoms with Crippen molar-refractivity contribution in [3.63, 3.8) is 0 Å². The molecule has 0 spiro atoms. The Morgan fingerprint density at radius 3 is 2.87 bits per heavy atom. The third kappa shape index (κ3) is 2.07. The van der Waals surface area contributed by atoms with Gasteiger partial charge in [0.15, 0.2) is 0 Å². The molecular formula is C10H12BrN3O. The summed E-state index contributed by atoms with van der Waals surface area (Å²) in [5, 5.41) is 7.40. The molecule has 0 aliphatic heterocycles. The summed E-state index contributed by atoms with van der Waals surface area (Å²) in [6.45, 7) is 2.04. The SMILES string of the molecule is CC(Nc1ccnn1C)c1occc1Br. The van der Waals surface area contributed by atoms with Crippen molar-refractivity contribution in [1.29, 1.82) is 0 Å². The highest BCUT2D eigenvalue weighted by molar-refractivity contribution is 9.10. The Hall–Kier alpha value is -1.23. The molecule has 5 heteroatoms. The third-order valence-corrected chi connectivity index (χ3v) is 2.88. The maximum Gasteiger partial charge on any atom is 0.139 e. The van der Waals surface area contributed by atoms with E-state index >= 15 is 0 Å². The van der Waals surface area contributed by atoms with E-state index in [2.05, 4.69) is 26.3 Å². The number of nitrogens with one attached hydrogen (secondary N) is 1. The van der Waals surface area contributed by atoms with Crippen molar-refractivity contribution in [3.05, 3.63) is 34.8 Å². The van der Waals surface area contributed by atoms with Crippen molar-refractivity contribution < 1.29 is 4.42 Å². The zero-order valence-electron chi connectivity index (χ0n) is 8.57. The summed E-state index contributed by atoms with van der Waals surface area (Å²) in [6, 6.07) is 3.91. The van der Waals surface area contributed by atoms with Crippen molar-refractivity contribution in [3.8, 4) is 0 Å². The molecule has 0 saturated heterocycles. The zero-order chi connectivity index (χ0) is 10.8. The third-order valence-electron chi connectivity index (χ3n) is 2.22. The van der Waals surface area contributed by atoms with E-state index in [-0.39, 0.29) is 6.04 Å². The largest absolute Gasteiger partial charge is 0.466 e. The lowest BCUT2D eigenvalue weighted by Gasteiger charge is -2.13. The second kappa shape index (κ2) is 4.10. The Labute approximate surface area is 96.4 Å². The van der Waals surface area contributed by atoms with Gasteiger partial charge in [-0.2, -0.15) is 5.10 Å². The molecule has 2 rings (SSSR count). The molecule has 2 heterocycles. The van der Waals surface area contributed by atoms with Crippen LogP contribution in [0.15, 0.2) is 33.5 Å². The Kier molecular flexibility index (Phi) is 2.81. The zero-order valence-corrected chi connectivity index (χ0v) is 10.2. The van der Waals surface area contributed by atoms with E-state index in [1.165, 1.54) is 0 Å². The van der Waals surface area contributed by atoms with E-state index in [1.807, 2.05) is 26.1 Å². The summed E-state index contributed by atoms with van der Waals surface area (Å²) >= 11 is 3.43. The summed E-state index contributed by atoms with van der Waals surface area (Å²) in [5.74, 6) is 1.85. The number of aromatic nitrogens is 2. The molecular weight excluding hydrogens is 258 g/mol. The molecule has 0 aliphatic rings. The van der Waals surface area contributed by atoms with Crippen LogP contribution in [0.4, 0.5) is 5.82 Å². The van der Waals surface area contributed by atoms with Crippen molar-refractivity contribution in [2.24, 2.45) is 7.05 Å². The molecule has 4 nitrogen and oxygen atoms in total. The molecule has 2 aromatic rings. The number of hydrogen-bond donors (Lipinski definition) is 1. The van der Waals surface area contributed by atoms with Gasteiger partial charge in [0.1, 0.15) is 11.6 Å². The molecule has 2 aromatic heterocycles. The summed E-state index contributed by atoms with van der Waals surface area (Å²) in [6.07, 6.45) is 3.42. The minimum absolute atomic E-state index is 0.102. The van der Waals surface area contributed by atoms with Crippen LogP contribution in [0.5, 0.6) is 0 Å². The highest BCUT2D eigenvalue weighted by atomic mass is 79.9. The van der Waals surface area contributed by atoms with Gasteiger partial charge >= 0.3 is 0 Å². The van der Waals surface area contributed by atoms with E-state index < -0.39 is 0 Å². The molecule has 0 saturated carbocycles. The first kappa shape index (κ1) is 10.3. The Balaban J connectivity index is 2.14. The minimum Gasteiger partial charge on any atom is -0.466 e. The molecule has 0 bridgehead atoms. The predicted molar refractivity (Wildman–Crippen MR) is 61.7 cm³/mol. The molecule has 0 amide bonds. The number of rotatable bonds is 3. The summed E-state index contributed by atoms with van der Waals surface area (Å²) < 4.78 is 8.14. The number of hydrogen-bond acceptors (Lipinski definition) is 3. The Morgan fingerprint density at radius 2 is 2.33 bits per heavy atom. The molecule has 0 aliphatic carbocycles. The quantitative estimate of drug-likeness (QED) is 0.932. The second-order valence-electron chi connectivity index (χ2n) is 3.34. The summed E-state index contributed by atoms with van der Waals surface area (Å²) in [7, 11) is 1.90. The lowest BCUT2D eigenvalue weighted by molar-refractivity contribution is 0.487. The van der Waals surface area contributed by atoms with Gasteiger partial charge in [-0.25, -0.2) is 0 Å². The van der Waals surface area contributed by atoms with Crippen LogP contribution in [0, 0.1) is 0 Å². The van der Waals surface area contributed by atoms with Crippen LogP contribution in [0.1, 0.15) is 18.7 Å². The van der Waals surface area contributed by atoms with Crippen LogP contribution in [-0.2, 0) is 7.05 Å². The van der Waals surface area contributed by atoms with E-state index in [9.17, 15) is 0 Å². The molecule has 1 atom stereocenters. The fourth-order valence-electron chi connectivity index (χ4n) is 1.42. The van der Waals surface area contributed by atoms with Gasteiger partial charge in [-0.15, -0.1) is 0 Å². The van der Waals surface area contributed by atoms with Crippen LogP contribution in [-0.4, -0.2) is 9.78 Å². The molecule has 1 unspecified atom stereocenters. The first-order valence-electron chi connectivity index (χ1n) is 4.66. The van der Waals surface area contributed by atoms with Gasteiger partial charge in [0.2, 0.25) is 0 Å². The maximum absolute atomic E-state index is 5.38. The van der Waals surface area contributed by atoms with Crippen LogP contribution < -0.4 is 5.32 Å². The minimum atomic E-state index is 0.102. The van der Waals surface area contributed by atoms with E-state index in [1.54, 1.807) is 17.1 Å². The number of furan rings is 1. The molecule has 1 N–H and O–H groups in total. The van der Waals surface area contributed by atoms with Crippen molar-refractivity contribution >= 4 is 21.7 Å². The first-order valence-corrected chi connectivity index (χ1v) is 5.45. The predicted octanol–water partition coefficient (Wildman–Crippen LogP) is 2.95. The average Bonchev–Trinajstić information content (AvgIpc) is 2.76. The fraction of sp³-hybridized carbons (Fsp3) is 0.300. The van der Waals surface area contributed by atoms with Crippen LogP contribution >= 0.6 is 15.9 Å². The highest BCUT2D eigenvalue weighted by Gasteiger charge is 2.13. The van der Waals surface area contributed by atoms with Gasteiger partial charge in [0.05, 0.1) is 23.0 Å². The summed E-state index contributed by atoms with van der Waals surface area (Å²) in [5.41, 5.74) is 0. The monoisotopic (exact) mass is 269 g/mol. The number of aryl methyl sites for hydroxylation is 1. The van der Waals surface area contributed by atoms with E-state index in [0.717, 1.165) is 16.1 Å². The van der Waals surface area contributed by atoms with Crippen LogP contribution in [0.25, 0.3) is 0 Å². The summed E-state index contributed by atoms with van der Waals surface area (Å²) in [4.78, 5) is 0. The second-order valence-corrected chi connectivity index (χ2v) is 4.19. The van der Waals surface area contributed by atoms with Crippen molar-refractivity contribution in [2.75, 3.05) is 5.32 Å². The molecule has 0 aromatic carbocycles. The molecule has 0 fully saturated rings. The normalized spacial score (nSPS) is 12.7.